The molecular formula is C16H21NO4S2. The SMILES string of the molecule is Cc1ccc(C(=O)CCC(=O)N(C2CC2)C2CCS(=O)(=O)C2)s1. The van der Waals surface area contributed by atoms with Crippen LogP contribution in [0.25, 0.3) is 0 Å². The lowest BCUT2D eigenvalue weighted by atomic mass is 10.1. The summed E-state index contributed by atoms with van der Waals surface area (Å²) < 4.78 is 23.3. The Balaban J connectivity index is 1.60. The molecule has 1 aliphatic carbocycles. The Labute approximate surface area is 140 Å². The summed E-state index contributed by atoms with van der Waals surface area (Å²) in [6, 6.07) is 3.69. The third kappa shape index (κ3) is 4.01. The predicted octanol–water partition coefficient (Wildman–Crippen LogP) is 2.20. The molecule has 0 N–H and O–H groups in total. The first-order valence-corrected chi connectivity index (χ1v) is 10.6. The van der Waals surface area contributed by atoms with E-state index in [2.05, 4.69) is 0 Å². The molecule has 126 valence electrons. The van der Waals surface area contributed by atoms with Crippen molar-refractivity contribution >= 4 is 32.9 Å². The molecule has 0 spiro atoms. The van der Waals surface area contributed by atoms with Crippen LogP contribution in [-0.2, 0) is 14.6 Å². The lowest BCUT2D eigenvalue weighted by Gasteiger charge is -2.28. The molecule has 2 fully saturated rings. The van der Waals surface area contributed by atoms with E-state index in [1.807, 2.05) is 13.0 Å². The van der Waals surface area contributed by atoms with Gasteiger partial charge < -0.3 is 4.90 Å². The fraction of sp³-hybridized carbons (Fsp3) is 0.625. The van der Waals surface area contributed by atoms with E-state index in [4.69, 9.17) is 0 Å². The number of aryl methyl sites for hydroxylation is 1. The van der Waals surface area contributed by atoms with Gasteiger partial charge in [0.2, 0.25) is 5.91 Å². The molecule has 1 aliphatic heterocycles. The van der Waals surface area contributed by atoms with Crippen LogP contribution in [0.2, 0.25) is 0 Å². The van der Waals surface area contributed by atoms with Gasteiger partial charge in [-0.3, -0.25) is 9.59 Å². The lowest BCUT2D eigenvalue weighted by molar-refractivity contribution is -0.133. The summed E-state index contributed by atoms with van der Waals surface area (Å²) in [4.78, 5) is 28.2. The molecule has 1 aromatic rings. The third-order valence-corrected chi connectivity index (χ3v) is 7.20. The van der Waals surface area contributed by atoms with Crippen molar-refractivity contribution in [1.29, 1.82) is 0 Å². The summed E-state index contributed by atoms with van der Waals surface area (Å²) in [5.74, 6) is 0.164. The Kier molecular flexibility index (Phi) is 4.60. The van der Waals surface area contributed by atoms with Gasteiger partial charge in [-0.1, -0.05) is 0 Å². The van der Waals surface area contributed by atoms with Crippen LogP contribution in [0.15, 0.2) is 12.1 Å². The first kappa shape index (κ1) is 16.6. The van der Waals surface area contributed by atoms with Crippen LogP contribution < -0.4 is 0 Å². The highest BCUT2D eigenvalue weighted by atomic mass is 32.2. The van der Waals surface area contributed by atoms with Gasteiger partial charge in [0, 0.05) is 29.8 Å². The van der Waals surface area contributed by atoms with Gasteiger partial charge >= 0.3 is 0 Å². The standard InChI is InChI=1S/C16H21NO4S2/c1-11-2-6-15(22-11)14(18)5-7-16(19)17(12-3-4-12)13-8-9-23(20,21)10-13/h2,6,12-13H,3-5,7-10H2,1H3. The number of amides is 1. The molecule has 1 saturated carbocycles. The number of Topliss-reactive ketones (excluding diaryl/α,β-unsaturated/α-hetero) is 1. The Hall–Kier alpha value is -1.21. The van der Waals surface area contributed by atoms with E-state index in [1.54, 1.807) is 11.0 Å². The lowest BCUT2D eigenvalue weighted by Crippen LogP contribution is -2.42. The van der Waals surface area contributed by atoms with Crippen LogP contribution in [0.1, 0.15) is 46.7 Å². The molecule has 1 aromatic heterocycles. The molecule has 5 nitrogen and oxygen atoms in total. The highest BCUT2D eigenvalue weighted by molar-refractivity contribution is 7.91. The minimum atomic E-state index is -3.01. The van der Waals surface area contributed by atoms with Crippen molar-refractivity contribution in [2.45, 2.75) is 51.1 Å². The van der Waals surface area contributed by atoms with Gasteiger partial charge in [0.15, 0.2) is 15.6 Å². The zero-order chi connectivity index (χ0) is 16.6. The summed E-state index contributed by atoms with van der Waals surface area (Å²) >= 11 is 1.45. The van der Waals surface area contributed by atoms with Crippen molar-refractivity contribution in [3.63, 3.8) is 0 Å². The van der Waals surface area contributed by atoms with Gasteiger partial charge in [0.1, 0.15) is 0 Å². The Bertz CT molecular complexity index is 718. The number of hydrogen-bond acceptors (Lipinski definition) is 5. The zero-order valence-corrected chi connectivity index (χ0v) is 14.8. The summed E-state index contributed by atoms with van der Waals surface area (Å²) in [6.07, 6.45) is 2.79. The number of sulfone groups is 1. The zero-order valence-electron chi connectivity index (χ0n) is 13.2. The molecule has 1 unspecified atom stereocenters. The van der Waals surface area contributed by atoms with E-state index < -0.39 is 9.84 Å². The van der Waals surface area contributed by atoms with Crippen LogP contribution in [-0.4, -0.2) is 48.6 Å². The normalized spacial score (nSPS) is 22.9. The molecule has 1 saturated heterocycles. The van der Waals surface area contributed by atoms with Gasteiger partial charge in [-0.2, -0.15) is 0 Å². The average Bonchev–Trinajstić information content (AvgIpc) is 3.11. The quantitative estimate of drug-likeness (QED) is 0.734. The fourth-order valence-corrected chi connectivity index (χ4v) is 5.66. The van der Waals surface area contributed by atoms with Crippen LogP contribution in [0.4, 0.5) is 0 Å². The van der Waals surface area contributed by atoms with Crippen molar-refractivity contribution in [2.75, 3.05) is 11.5 Å². The van der Waals surface area contributed by atoms with Crippen molar-refractivity contribution in [2.24, 2.45) is 0 Å². The molecular weight excluding hydrogens is 334 g/mol. The number of hydrogen-bond donors (Lipinski definition) is 0. The van der Waals surface area contributed by atoms with Crippen molar-refractivity contribution in [1.82, 2.24) is 4.90 Å². The van der Waals surface area contributed by atoms with E-state index in [0.717, 1.165) is 17.7 Å². The number of nitrogens with zero attached hydrogens (tertiary/aromatic N) is 1. The van der Waals surface area contributed by atoms with Gasteiger partial charge in [-0.15, -0.1) is 11.3 Å². The fourth-order valence-electron chi connectivity index (χ4n) is 3.11. The predicted molar refractivity (Wildman–Crippen MR) is 89.5 cm³/mol. The van der Waals surface area contributed by atoms with Crippen molar-refractivity contribution < 1.29 is 18.0 Å². The number of ketones is 1. The Morgan fingerprint density at radius 2 is 1.91 bits per heavy atom. The summed E-state index contributed by atoms with van der Waals surface area (Å²) in [5.41, 5.74) is 0. The minimum absolute atomic E-state index is 0.00811. The first-order chi connectivity index (χ1) is 10.9. The highest BCUT2D eigenvalue weighted by Gasteiger charge is 2.41. The van der Waals surface area contributed by atoms with E-state index in [-0.39, 0.29) is 48.1 Å². The van der Waals surface area contributed by atoms with Crippen LogP contribution in [0.3, 0.4) is 0 Å². The number of rotatable bonds is 6. The molecule has 0 bridgehead atoms. The molecule has 2 heterocycles. The Morgan fingerprint density at radius 1 is 1.17 bits per heavy atom. The maximum absolute atomic E-state index is 12.5. The monoisotopic (exact) mass is 355 g/mol. The molecule has 23 heavy (non-hydrogen) atoms. The second-order valence-electron chi connectivity index (χ2n) is 6.42. The van der Waals surface area contributed by atoms with E-state index in [9.17, 15) is 18.0 Å². The van der Waals surface area contributed by atoms with Crippen molar-refractivity contribution in [3.8, 4) is 0 Å². The topological polar surface area (TPSA) is 71.5 Å². The van der Waals surface area contributed by atoms with Gasteiger partial charge in [-0.25, -0.2) is 8.42 Å². The maximum Gasteiger partial charge on any atom is 0.223 e. The molecule has 1 amide bonds. The van der Waals surface area contributed by atoms with Crippen LogP contribution >= 0.6 is 11.3 Å². The van der Waals surface area contributed by atoms with E-state index in [0.29, 0.717) is 11.3 Å². The van der Waals surface area contributed by atoms with Gasteiger partial charge in [-0.05, 0) is 38.3 Å². The van der Waals surface area contributed by atoms with Gasteiger partial charge in [0.05, 0.1) is 16.4 Å². The molecule has 2 aliphatic rings. The number of carbonyl (C=O) groups is 2. The number of carbonyl (C=O) groups excluding carboxylic acids is 2. The third-order valence-electron chi connectivity index (χ3n) is 4.41. The first-order valence-electron chi connectivity index (χ1n) is 7.97. The maximum atomic E-state index is 12.5. The average molecular weight is 355 g/mol. The summed E-state index contributed by atoms with van der Waals surface area (Å²) in [5, 5.41) is 0. The second-order valence-corrected chi connectivity index (χ2v) is 9.94. The largest absolute Gasteiger partial charge is 0.336 e. The number of thiophene rings is 1. The van der Waals surface area contributed by atoms with Crippen molar-refractivity contribution in [3.05, 3.63) is 21.9 Å². The molecule has 7 heteroatoms. The van der Waals surface area contributed by atoms with Crippen LogP contribution in [0.5, 0.6) is 0 Å². The second kappa shape index (κ2) is 6.36. The molecule has 0 radical (unpaired) electrons. The molecule has 0 aromatic carbocycles. The van der Waals surface area contributed by atoms with E-state index in [1.165, 1.54) is 11.3 Å². The molecule has 3 rings (SSSR count). The Morgan fingerprint density at radius 3 is 2.43 bits per heavy atom. The van der Waals surface area contributed by atoms with E-state index >= 15 is 0 Å². The van der Waals surface area contributed by atoms with Crippen LogP contribution in [0, 0.1) is 6.92 Å². The smallest absolute Gasteiger partial charge is 0.223 e. The summed E-state index contributed by atoms with van der Waals surface area (Å²) in [7, 11) is -3.01. The highest BCUT2D eigenvalue weighted by Crippen LogP contribution is 2.33. The van der Waals surface area contributed by atoms with Gasteiger partial charge in [0.25, 0.3) is 0 Å². The summed E-state index contributed by atoms with van der Waals surface area (Å²) in [6.45, 7) is 1.95. The minimum Gasteiger partial charge on any atom is -0.336 e. The molecule has 1 atom stereocenters.